The highest BCUT2D eigenvalue weighted by Crippen LogP contribution is 2.36. The molecule has 0 bridgehead atoms. The minimum absolute atomic E-state index is 0.0795. The van der Waals surface area contributed by atoms with Gasteiger partial charge in [-0.1, -0.05) is 30.3 Å². The van der Waals surface area contributed by atoms with Gasteiger partial charge < -0.3 is 10.0 Å². The van der Waals surface area contributed by atoms with Crippen LogP contribution < -0.4 is 0 Å². The van der Waals surface area contributed by atoms with Gasteiger partial charge in [0, 0.05) is 32.8 Å². The number of amides is 1. The SMILES string of the molecule is Cn1cc(CCC(=O)N2CCC(C(=O)O)(c3ccccc3)CC2)cn1. The van der Waals surface area contributed by atoms with Crippen LogP contribution in [0.3, 0.4) is 0 Å². The second kappa shape index (κ2) is 7.09. The van der Waals surface area contributed by atoms with Gasteiger partial charge in [0.1, 0.15) is 0 Å². The van der Waals surface area contributed by atoms with Gasteiger partial charge >= 0.3 is 5.97 Å². The van der Waals surface area contributed by atoms with Gasteiger partial charge in [-0.25, -0.2) is 0 Å². The highest BCUT2D eigenvalue weighted by Gasteiger charge is 2.43. The Morgan fingerprint density at radius 2 is 1.88 bits per heavy atom. The van der Waals surface area contributed by atoms with E-state index in [0.717, 1.165) is 11.1 Å². The van der Waals surface area contributed by atoms with Crippen molar-refractivity contribution in [2.24, 2.45) is 7.05 Å². The first-order valence-electron chi connectivity index (χ1n) is 8.55. The number of nitrogens with zero attached hydrogens (tertiary/aromatic N) is 3. The second-order valence-electron chi connectivity index (χ2n) is 6.66. The highest BCUT2D eigenvalue weighted by molar-refractivity contribution is 5.82. The molecule has 2 heterocycles. The van der Waals surface area contributed by atoms with E-state index in [2.05, 4.69) is 5.10 Å². The molecule has 0 unspecified atom stereocenters. The van der Waals surface area contributed by atoms with Gasteiger partial charge in [0.05, 0.1) is 11.6 Å². The molecule has 1 fully saturated rings. The van der Waals surface area contributed by atoms with Crippen LogP contribution in [0.5, 0.6) is 0 Å². The average molecular weight is 341 g/mol. The molecule has 25 heavy (non-hydrogen) atoms. The van der Waals surface area contributed by atoms with E-state index in [1.54, 1.807) is 15.8 Å². The quantitative estimate of drug-likeness (QED) is 0.902. The van der Waals surface area contributed by atoms with E-state index in [4.69, 9.17) is 0 Å². The Kier molecular flexibility index (Phi) is 4.88. The second-order valence-corrected chi connectivity index (χ2v) is 6.66. The van der Waals surface area contributed by atoms with Crippen LogP contribution in [-0.4, -0.2) is 44.8 Å². The average Bonchev–Trinajstić information content (AvgIpc) is 3.05. The fourth-order valence-electron chi connectivity index (χ4n) is 3.53. The number of carboxylic acid groups (broad SMARTS) is 1. The molecule has 1 aromatic carbocycles. The van der Waals surface area contributed by atoms with Crippen LogP contribution in [-0.2, 0) is 28.5 Å². The van der Waals surface area contributed by atoms with Gasteiger partial charge in [-0.15, -0.1) is 0 Å². The molecule has 1 saturated heterocycles. The van der Waals surface area contributed by atoms with Crippen molar-refractivity contribution in [3.05, 3.63) is 53.9 Å². The van der Waals surface area contributed by atoms with Crippen molar-refractivity contribution in [3.63, 3.8) is 0 Å². The monoisotopic (exact) mass is 341 g/mol. The summed E-state index contributed by atoms with van der Waals surface area (Å²) in [6.07, 6.45) is 5.67. The van der Waals surface area contributed by atoms with Gasteiger partial charge in [-0.2, -0.15) is 5.10 Å². The third-order valence-corrected chi connectivity index (χ3v) is 5.09. The molecular weight excluding hydrogens is 318 g/mol. The van der Waals surface area contributed by atoms with Crippen molar-refractivity contribution in [2.75, 3.05) is 13.1 Å². The van der Waals surface area contributed by atoms with Crippen molar-refractivity contribution in [1.82, 2.24) is 14.7 Å². The topological polar surface area (TPSA) is 75.4 Å². The fourth-order valence-corrected chi connectivity index (χ4v) is 3.53. The molecular formula is C19H23N3O3. The van der Waals surface area contributed by atoms with E-state index in [9.17, 15) is 14.7 Å². The molecule has 3 rings (SSSR count). The Hall–Kier alpha value is -2.63. The Morgan fingerprint density at radius 1 is 1.20 bits per heavy atom. The smallest absolute Gasteiger partial charge is 0.314 e. The summed E-state index contributed by atoms with van der Waals surface area (Å²) in [5.41, 5.74) is 0.975. The lowest BCUT2D eigenvalue weighted by Gasteiger charge is -2.39. The number of carbonyl (C=O) groups excluding carboxylic acids is 1. The number of hydrogen-bond donors (Lipinski definition) is 1. The van der Waals surface area contributed by atoms with Crippen molar-refractivity contribution >= 4 is 11.9 Å². The molecule has 0 radical (unpaired) electrons. The van der Waals surface area contributed by atoms with Gasteiger partial charge in [-0.05, 0) is 30.4 Å². The van der Waals surface area contributed by atoms with E-state index >= 15 is 0 Å². The first-order valence-corrected chi connectivity index (χ1v) is 8.55. The predicted molar refractivity (Wildman–Crippen MR) is 93.1 cm³/mol. The summed E-state index contributed by atoms with van der Waals surface area (Å²) in [5, 5.41) is 13.9. The number of piperidine rings is 1. The van der Waals surface area contributed by atoms with Crippen LogP contribution in [0.2, 0.25) is 0 Å². The standard InChI is InChI=1S/C19H23N3O3/c1-21-14-15(13-20-21)7-8-17(23)22-11-9-19(10-12-22,18(24)25)16-5-3-2-4-6-16/h2-6,13-14H,7-12H2,1H3,(H,24,25). The lowest BCUT2D eigenvalue weighted by Crippen LogP contribution is -2.49. The minimum Gasteiger partial charge on any atom is -0.481 e. The Bertz CT molecular complexity index is 746. The molecule has 1 aliphatic heterocycles. The third kappa shape index (κ3) is 3.57. The molecule has 1 aliphatic rings. The predicted octanol–water partition coefficient (Wildman–Crippen LogP) is 2.00. The number of carbonyl (C=O) groups is 2. The van der Waals surface area contributed by atoms with E-state index < -0.39 is 11.4 Å². The largest absolute Gasteiger partial charge is 0.481 e. The first-order chi connectivity index (χ1) is 12.0. The maximum Gasteiger partial charge on any atom is 0.314 e. The summed E-state index contributed by atoms with van der Waals surface area (Å²) in [4.78, 5) is 26.2. The van der Waals surface area contributed by atoms with Crippen molar-refractivity contribution in [2.45, 2.75) is 31.1 Å². The minimum atomic E-state index is -0.888. The summed E-state index contributed by atoms with van der Waals surface area (Å²) < 4.78 is 1.72. The zero-order valence-corrected chi connectivity index (χ0v) is 14.4. The summed E-state index contributed by atoms with van der Waals surface area (Å²) in [7, 11) is 1.85. The summed E-state index contributed by atoms with van der Waals surface area (Å²) in [5.74, 6) is -0.725. The summed E-state index contributed by atoms with van der Waals surface area (Å²) in [6, 6.07) is 9.36. The normalized spacial score (nSPS) is 16.6. The van der Waals surface area contributed by atoms with Gasteiger partial charge in [0.15, 0.2) is 0 Å². The van der Waals surface area contributed by atoms with E-state index in [0.29, 0.717) is 38.8 Å². The summed E-state index contributed by atoms with van der Waals surface area (Å²) in [6.45, 7) is 0.958. The number of aliphatic carboxylic acids is 1. The molecule has 1 amide bonds. The van der Waals surface area contributed by atoms with Crippen LogP contribution in [0.1, 0.15) is 30.4 Å². The number of benzene rings is 1. The van der Waals surface area contributed by atoms with Crippen molar-refractivity contribution < 1.29 is 14.7 Å². The lowest BCUT2D eigenvalue weighted by atomic mass is 9.73. The molecule has 1 aromatic heterocycles. The molecule has 0 saturated carbocycles. The Balaban J connectivity index is 1.61. The number of likely N-dealkylation sites (tertiary alicyclic amines) is 1. The van der Waals surface area contributed by atoms with Gasteiger partial charge in [0.25, 0.3) is 0 Å². The maximum absolute atomic E-state index is 12.4. The highest BCUT2D eigenvalue weighted by atomic mass is 16.4. The molecule has 0 spiro atoms. The Morgan fingerprint density at radius 3 is 2.44 bits per heavy atom. The van der Waals surface area contributed by atoms with Crippen LogP contribution in [0.15, 0.2) is 42.7 Å². The number of hydrogen-bond acceptors (Lipinski definition) is 3. The van der Waals surface area contributed by atoms with Gasteiger partial charge in [-0.3, -0.25) is 14.3 Å². The fraction of sp³-hybridized carbons (Fsp3) is 0.421. The third-order valence-electron chi connectivity index (χ3n) is 5.09. The number of aryl methyl sites for hydroxylation is 2. The van der Waals surface area contributed by atoms with Crippen molar-refractivity contribution in [3.8, 4) is 0 Å². The molecule has 0 aliphatic carbocycles. The van der Waals surface area contributed by atoms with E-state index in [1.165, 1.54) is 0 Å². The van der Waals surface area contributed by atoms with Crippen LogP contribution in [0.25, 0.3) is 0 Å². The number of carboxylic acids is 1. The van der Waals surface area contributed by atoms with Crippen LogP contribution in [0.4, 0.5) is 0 Å². The molecule has 132 valence electrons. The molecule has 2 aromatic rings. The van der Waals surface area contributed by atoms with E-state index in [-0.39, 0.29) is 5.91 Å². The lowest BCUT2D eigenvalue weighted by molar-refractivity contribution is -0.148. The molecule has 6 nitrogen and oxygen atoms in total. The first kappa shape index (κ1) is 17.2. The zero-order chi connectivity index (χ0) is 17.9. The molecule has 1 N–H and O–H groups in total. The summed E-state index contributed by atoms with van der Waals surface area (Å²) >= 11 is 0. The van der Waals surface area contributed by atoms with Gasteiger partial charge in [0.2, 0.25) is 5.91 Å². The molecule has 0 atom stereocenters. The number of rotatable bonds is 5. The van der Waals surface area contributed by atoms with Crippen LogP contribution in [0, 0.1) is 0 Å². The maximum atomic E-state index is 12.4. The zero-order valence-electron chi connectivity index (χ0n) is 14.4. The Labute approximate surface area is 147 Å². The van der Waals surface area contributed by atoms with Crippen LogP contribution >= 0.6 is 0 Å². The van der Waals surface area contributed by atoms with E-state index in [1.807, 2.05) is 43.6 Å². The number of aromatic nitrogens is 2. The molecule has 6 heteroatoms. The van der Waals surface area contributed by atoms with Crippen molar-refractivity contribution in [1.29, 1.82) is 0 Å².